The zero-order valence-corrected chi connectivity index (χ0v) is 22.1. The summed E-state index contributed by atoms with van der Waals surface area (Å²) in [5.74, 6) is -0.500. The molecule has 0 bridgehead atoms. The molecule has 0 unspecified atom stereocenters. The Morgan fingerprint density at radius 2 is 1.88 bits per heavy atom. The molecule has 7 rings (SSSR count). The van der Waals surface area contributed by atoms with E-state index in [0.717, 1.165) is 36.1 Å². The van der Waals surface area contributed by atoms with Gasteiger partial charge < -0.3 is 15.4 Å². The molecule has 3 aliphatic rings. The molecule has 1 atom stereocenters. The first kappa shape index (κ1) is 24.3. The van der Waals surface area contributed by atoms with Gasteiger partial charge in [0.2, 0.25) is 12.0 Å². The van der Waals surface area contributed by atoms with Gasteiger partial charge in [-0.25, -0.2) is 9.67 Å². The number of aromatic nitrogens is 3. The number of rotatable bonds is 5. The van der Waals surface area contributed by atoms with E-state index < -0.39 is 18.0 Å². The van der Waals surface area contributed by atoms with Crippen molar-refractivity contribution in [3.8, 4) is 17.1 Å². The van der Waals surface area contributed by atoms with Gasteiger partial charge in [0.25, 0.3) is 11.8 Å². The topological polar surface area (TPSA) is 110 Å². The molecule has 2 aromatic carbocycles. The number of carbonyl (C=O) groups is 2. The van der Waals surface area contributed by atoms with Gasteiger partial charge >= 0.3 is 0 Å². The van der Waals surface area contributed by atoms with Crippen molar-refractivity contribution in [3.05, 3.63) is 95.3 Å². The predicted octanol–water partition coefficient (Wildman–Crippen LogP) is 4.23. The molecule has 4 aromatic rings. The number of anilines is 1. The fraction of sp³-hybridized carbons (Fsp3) is 0.258. The van der Waals surface area contributed by atoms with Crippen LogP contribution in [-0.4, -0.2) is 45.1 Å². The van der Waals surface area contributed by atoms with Crippen LogP contribution in [0.2, 0.25) is 0 Å². The van der Waals surface area contributed by atoms with Crippen molar-refractivity contribution >= 4 is 23.2 Å². The summed E-state index contributed by atoms with van der Waals surface area (Å²) in [6.07, 6.45) is 3.53. The Kier molecular flexibility index (Phi) is 5.73. The maximum absolute atomic E-state index is 14.0. The van der Waals surface area contributed by atoms with Crippen LogP contribution in [0.25, 0.3) is 11.3 Å². The van der Waals surface area contributed by atoms with Gasteiger partial charge in [-0.15, -0.1) is 0 Å². The quantitative estimate of drug-likeness (QED) is 0.400. The van der Waals surface area contributed by atoms with Gasteiger partial charge in [-0.3, -0.25) is 14.6 Å². The third-order valence-corrected chi connectivity index (χ3v) is 7.81. The standard InChI is InChI=1S/C31H28N6O3/c1-2-21-13-12-20(16-32-21)26-24(30-37(36-26)17-31(14-15-31)18-40-30)28(38)35-27-29(39)33-23-11-7-6-10-22(23)25(34-27)19-8-4-3-5-9-19/h3-13,16,27H,2,14-15,17-18H2,1H3,(H,33,39)(H,35,38)/t27-/m1/s1. The molecule has 1 spiro atoms. The molecule has 4 heterocycles. The van der Waals surface area contributed by atoms with Crippen LogP contribution in [-0.2, 0) is 17.8 Å². The second-order valence-corrected chi connectivity index (χ2v) is 10.6. The van der Waals surface area contributed by atoms with Crippen molar-refractivity contribution < 1.29 is 14.3 Å². The zero-order valence-electron chi connectivity index (χ0n) is 22.1. The van der Waals surface area contributed by atoms with Crippen LogP contribution in [0, 0.1) is 5.41 Å². The van der Waals surface area contributed by atoms with Crippen LogP contribution in [0.3, 0.4) is 0 Å². The highest BCUT2D eigenvalue weighted by Gasteiger charge is 2.48. The minimum Gasteiger partial charge on any atom is -0.477 e. The SMILES string of the molecule is CCc1ccc(-c2nn3c(c2C(=O)N[C@H]2N=C(c4ccccc4)c4ccccc4NC2=O)OCC2(CC2)C3)cn1. The Morgan fingerprint density at radius 3 is 2.62 bits per heavy atom. The molecule has 2 amide bonds. The smallest absolute Gasteiger partial charge is 0.269 e. The first-order chi connectivity index (χ1) is 19.5. The third-order valence-electron chi connectivity index (χ3n) is 7.81. The van der Waals surface area contributed by atoms with Gasteiger partial charge in [0.1, 0.15) is 11.3 Å². The predicted molar refractivity (Wildman–Crippen MR) is 150 cm³/mol. The van der Waals surface area contributed by atoms with Gasteiger partial charge in [0, 0.05) is 34.0 Å². The molecule has 0 radical (unpaired) electrons. The molecular formula is C31H28N6O3. The lowest BCUT2D eigenvalue weighted by Gasteiger charge is -2.24. The number of nitrogens with one attached hydrogen (secondary N) is 2. The van der Waals surface area contributed by atoms with Gasteiger partial charge in [-0.1, -0.05) is 55.5 Å². The van der Waals surface area contributed by atoms with Crippen LogP contribution in [0.1, 0.15) is 46.9 Å². The zero-order chi connectivity index (χ0) is 27.3. The number of carbonyl (C=O) groups excluding carboxylic acids is 2. The summed E-state index contributed by atoms with van der Waals surface area (Å²) in [6.45, 7) is 3.28. The summed E-state index contributed by atoms with van der Waals surface area (Å²) in [6, 6.07) is 21.0. The van der Waals surface area contributed by atoms with Crippen molar-refractivity contribution in [1.82, 2.24) is 20.1 Å². The van der Waals surface area contributed by atoms with Crippen LogP contribution >= 0.6 is 0 Å². The number of pyridine rings is 1. The molecule has 40 heavy (non-hydrogen) atoms. The Labute approximate surface area is 231 Å². The third kappa shape index (κ3) is 4.23. The molecule has 0 saturated heterocycles. The molecule has 200 valence electrons. The highest BCUT2D eigenvalue weighted by Crippen LogP contribution is 2.51. The van der Waals surface area contributed by atoms with Crippen LogP contribution in [0.15, 0.2) is 77.9 Å². The van der Waals surface area contributed by atoms with E-state index in [4.69, 9.17) is 14.8 Å². The molecule has 1 fully saturated rings. The monoisotopic (exact) mass is 532 g/mol. The van der Waals surface area contributed by atoms with Crippen LogP contribution in [0.4, 0.5) is 5.69 Å². The average molecular weight is 533 g/mol. The van der Waals surface area contributed by atoms with Crippen LogP contribution < -0.4 is 15.4 Å². The molecule has 1 aliphatic carbocycles. The molecule has 9 nitrogen and oxygen atoms in total. The average Bonchev–Trinajstić information content (AvgIpc) is 3.66. The highest BCUT2D eigenvalue weighted by molar-refractivity contribution is 6.20. The summed E-state index contributed by atoms with van der Waals surface area (Å²) in [5.41, 5.74) is 5.39. The van der Waals surface area contributed by atoms with E-state index in [1.165, 1.54) is 0 Å². The van der Waals surface area contributed by atoms with E-state index in [2.05, 4.69) is 15.6 Å². The number of benzene rings is 2. The van der Waals surface area contributed by atoms with Gasteiger partial charge in [-0.05, 0) is 37.5 Å². The summed E-state index contributed by atoms with van der Waals surface area (Å²) in [7, 11) is 0. The highest BCUT2D eigenvalue weighted by atomic mass is 16.5. The van der Waals surface area contributed by atoms with Gasteiger partial charge in [-0.2, -0.15) is 5.10 Å². The normalized spacial score (nSPS) is 18.5. The molecule has 2 N–H and O–H groups in total. The number of para-hydroxylation sites is 1. The summed E-state index contributed by atoms with van der Waals surface area (Å²) >= 11 is 0. The fourth-order valence-electron chi connectivity index (χ4n) is 5.32. The summed E-state index contributed by atoms with van der Waals surface area (Å²) in [4.78, 5) is 36.7. The minimum absolute atomic E-state index is 0.0934. The van der Waals surface area contributed by atoms with E-state index in [1.54, 1.807) is 10.9 Å². The Hall–Kier alpha value is -4.79. The lowest BCUT2D eigenvalue weighted by atomic mass is 10.0. The number of aliphatic imine (C=N–C) groups is 1. The van der Waals surface area contributed by atoms with Gasteiger partial charge in [0.05, 0.1) is 24.6 Å². The molecule has 1 saturated carbocycles. The first-order valence-corrected chi connectivity index (χ1v) is 13.6. The van der Waals surface area contributed by atoms with E-state index in [1.807, 2.05) is 73.7 Å². The maximum atomic E-state index is 14.0. The van der Waals surface area contributed by atoms with Crippen molar-refractivity contribution in [1.29, 1.82) is 0 Å². The van der Waals surface area contributed by atoms with E-state index in [9.17, 15) is 9.59 Å². The number of fused-ring (bicyclic) bond motifs is 2. The van der Waals surface area contributed by atoms with Crippen molar-refractivity contribution in [2.45, 2.75) is 38.9 Å². The second-order valence-electron chi connectivity index (χ2n) is 10.6. The molecule has 9 heteroatoms. The largest absolute Gasteiger partial charge is 0.477 e. The minimum atomic E-state index is -1.17. The number of aryl methyl sites for hydroxylation is 1. The van der Waals surface area contributed by atoms with Crippen molar-refractivity contribution in [3.63, 3.8) is 0 Å². The lowest BCUT2D eigenvalue weighted by Crippen LogP contribution is -2.42. The van der Waals surface area contributed by atoms with Gasteiger partial charge in [0.15, 0.2) is 0 Å². The second kappa shape index (κ2) is 9.44. The van der Waals surface area contributed by atoms with E-state index in [0.29, 0.717) is 41.7 Å². The number of hydrogen-bond acceptors (Lipinski definition) is 6. The summed E-state index contributed by atoms with van der Waals surface area (Å²) < 4.78 is 7.95. The number of ether oxygens (including phenoxy) is 1. The number of hydrogen-bond donors (Lipinski definition) is 2. The Morgan fingerprint density at radius 1 is 1.07 bits per heavy atom. The van der Waals surface area contributed by atoms with Crippen molar-refractivity contribution in [2.75, 3.05) is 11.9 Å². The van der Waals surface area contributed by atoms with Crippen LogP contribution in [0.5, 0.6) is 5.88 Å². The number of nitrogens with zero attached hydrogens (tertiary/aromatic N) is 4. The number of benzodiazepines with no additional fused rings is 1. The Bertz CT molecular complexity index is 1650. The number of amides is 2. The molecule has 2 aromatic heterocycles. The van der Waals surface area contributed by atoms with Crippen molar-refractivity contribution in [2.24, 2.45) is 10.4 Å². The van der Waals surface area contributed by atoms with E-state index >= 15 is 0 Å². The summed E-state index contributed by atoms with van der Waals surface area (Å²) in [5, 5.41) is 10.6. The maximum Gasteiger partial charge on any atom is 0.269 e. The van der Waals surface area contributed by atoms with E-state index in [-0.39, 0.29) is 11.0 Å². The fourth-order valence-corrected chi connectivity index (χ4v) is 5.32. The molecule has 2 aliphatic heterocycles. The lowest BCUT2D eigenvalue weighted by molar-refractivity contribution is -0.117. The molecular weight excluding hydrogens is 504 g/mol. The Balaban J connectivity index is 1.28. The first-order valence-electron chi connectivity index (χ1n) is 13.6.